The summed E-state index contributed by atoms with van der Waals surface area (Å²) >= 11 is 0. The molecule has 0 saturated heterocycles. The summed E-state index contributed by atoms with van der Waals surface area (Å²) < 4.78 is 0. The van der Waals surface area contributed by atoms with Gasteiger partial charge in [0.15, 0.2) is 11.5 Å². The van der Waals surface area contributed by atoms with Crippen LogP contribution in [0.3, 0.4) is 0 Å². The van der Waals surface area contributed by atoms with Crippen LogP contribution in [0.5, 0.6) is 34.5 Å². The number of nitrogens with two attached hydrogens (primary N) is 2. The fourth-order valence-corrected chi connectivity index (χ4v) is 11.7. The van der Waals surface area contributed by atoms with Crippen LogP contribution in [0, 0.1) is 111 Å². The summed E-state index contributed by atoms with van der Waals surface area (Å²) in [6.07, 6.45) is 8.46. The highest BCUT2D eigenvalue weighted by molar-refractivity contribution is 6.23. The Morgan fingerprint density at radius 1 is 0.421 bits per heavy atom. The van der Waals surface area contributed by atoms with Crippen LogP contribution in [-0.2, 0) is 56.8 Å². The third-order valence-electron chi connectivity index (χ3n) is 19.2. The van der Waals surface area contributed by atoms with Crippen LogP contribution in [0.2, 0.25) is 0 Å². The van der Waals surface area contributed by atoms with E-state index >= 15 is 0 Å². The maximum absolute atomic E-state index is 12.5. The van der Waals surface area contributed by atoms with E-state index in [2.05, 4.69) is 125 Å². The molecule has 14 N–H and O–H groups in total. The number of amides is 3. The lowest BCUT2D eigenvalue weighted by Crippen LogP contribution is -2.32. The van der Waals surface area contributed by atoms with Crippen molar-refractivity contribution in [1.82, 2.24) is 21.3 Å². The lowest BCUT2D eigenvalue weighted by Gasteiger charge is -2.26. The number of carbonyl (C=O) groups is 5. The van der Waals surface area contributed by atoms with E-state index in [1.165, 1.54) is 122 Å². The van der Waals surface area contributed by atoms with E-state index in [-0.39, 0.29) is 71.3 Å². The molecule has 0 saturated carbocycles. The molecule has 0 spiro atoms. The van der Waals surface area contributed by atoms with Crippen molar-refractivity contribution in [2.45, 2.75) is 157 Å². The van der Waals surface area contributed by atoms with E-state index < -0.39 is 0 Å². The molecule has 3 aliphatic rings. The molecule has 22 heteroatoms. The zero-order chi connectivity index (χ0) is 78.9. The van der Waals surface area contributed by atoms with Gasteiger partial charge in [0.2, 0.25) is 0 Å². The monoisotopic (exact) mass is 1500 g/mol. The zero-order valence-electron chi connectivity index (χ0n) is 65.1. The second-order valence-electron chi connectivity index (χ2n) is 25.6. The summed E-state index contributed by atoms with van der Waals surface area (Å²) in [6.45, 7) is 39.7. The molecule has 0 atom stereocenters. The van der Waals surface area contributed by atoms with Crippen LogP contribution in [0.15, 0.2) is 115 Å². The number of oxime groups is 1. The Labute approximate surface area is 642 Å². The average Bonchev–Trinajstić information content (AvgIpc) is 0.774. The number of carbonyl (C=O) groups excluding carboxylic acids is 5. The molecular weight excluding hydrogens is 1400 g/mol. The summed E-state index contributed by atoms with van der Waals surface area (Å²) in [4.78, 5) is 64.7. The van der Waals surface area contributed by atoms with Crippen LogP contribution in [0.25, 0.3) is 16.7 Å². The molecule has 0 radical (unpaired) electrons. The summed E-state index contributed by atoms with van der Waals surface area (Å²) in [7, 11) is 2.88. The van der Waals surface area contributed by atoms with Crippen molar-refractivity contribution in [3.8, 4) is 34.5 Å². The number of aromatic hydroxyl groups is 6. The van der Waals surface area contributed by atoms with Crippen molar-refractivity contribution < 1.29 is 64.3 Å². The molecule has 0 aromatic heterocycles. The second kappa shape index (κ2) is 43.6. The largest absolute Gasteiger partial charge is 0.508 e. The van der Waals surface area contributed by atoms with Gasteiger partial charge in [0.1, 0.15) is 42.7 Å². The van der Waals surface area contributed by atoms with E-state index in [1.807, 2.05) is 83.2 Å². The third kappa shape index (κ3) is 24.1. The standard InChI is InChI=1S/C22H26N2O2.2C15H19NO.C9H11NO2.C8H11NO.C8H8O2.C7H6O3.CH5NO.2ClH/c1-12-6-7-17(8-20(12)25)9-23-10-19-21-16(5)14(3)13(2)15(4)18(21)11-24-22(19)26;2*1-6-12-14-11(5)9(3)8(2)10(4)13(14)7-16-15(12)17;1-7-3-4-8(5-9(7)11)6-10-12-2;2*1-6-2-3-7(5-9)4-8(6)10;8-4-5-1-2-6(9)7(10)3-5;1-3-2;;/h6-8,10,23,25H,9,11H2,1-5H3,(H,24,26);2*6H,7H2,1-5H3,(H,16,17);3-6,11H,1-2H3;2-4,10H,5,9H2,1H3;2-5,10H,1H3;1-4,9-10H;2H2,1H3;2*1H/b19-10-;2*12-6+;10-6-;;;;;;. The Hall–Kier alpha value is -10.7. The lowest BCUT2D eigenvalue weighted by atomic mass is 9.83. The fourth-order valence-electron chi connectivity index (χ4n) is 11.7. The van der Waals surface area contributed by atoms with Crippen molar-refractivity contribution in [3.05, 3.63) is 260 Å². The molecule has 0 fully saturated rings. The number of hydrogen-bond donors (Lipinski definition) is 12. The number of benzene rings is 8. The maximum Gasteiger partial charge on any atom is 0.253 e. The molecule has 574 valence electrons. The normalized spacial score (nSPS) is 13.0. The van der Waals surface area contributed by atoms with Gasteiger partial charge in [0.25, 0.3) is 17.7 Å². The average molecular weight is 1510 g/mol. The molecule has 107 heavy (non-hydrogen) atoms. The van der Waals surface area contributed by atoms with Gasteiger partial charge in [-0.3, -0.25) is 24.0 Å². The molecular formula is C85H107Cl2N7O13. The minimum atomic E-state index is -0.274. The number of allylic oxidation sites excluding steroid dienone is 2. The number of aldehydes is 2. The Balaban J connectivity index is 0.000000432. The van der Waals surface area contributed by atoms with Gasteiger partial charge in [-0.15, -0.1) is 24.8 Å². The number of nitrogens with one attached hydrogen (secondary N) is 4. The first-order chi connectivity index (χ1) is 49.6. The summed E-state index contributed by atoms with van der Waals surface area (Å²) in [5, 5.41) is 70.7. The number of aryl methyl sites for hydroxylation is 4. The number of halogens is 2. The van der Waals surface area contributed by atoms with Crippen LogP contribution in [-0.4, -0.2) is 81.4 Å². The summed E-state index contributed by atoms with van der Waals surface area (Å²) in [5.74, 6) is 4.95. The van der Waals surface area contributed by atoms with Gasteiger partial charge >= 0.3 is 0 Å². The topological polar surface area (TPSA) is 338 Å². The van der Waals surface area contributed by atoms with Crippen LogP contribution in [0.1, 0.15) is 174 Å². The SMILES string of the molecule is C/C=C1/C(=O)NCc2c(C)c(C)c(C)c(C)c21.C/C=C1/C(=O)NCc2c(C)c(C)c(C)c(C)c21.CO/N=C\c1ccc(C)c(O)c1.CON.Cc1ccc(C=O)cc1O.Cc1ccc(CN)cc1O.Cc1ccc(CN/C=C2\C(=O)NCc3c(C)c(C)c(C)c(C)c32)cc1O.Cl.Cl.O=Cc1ccc(O)c(O)c1. The molecule has 0 unspecified atom stereocenters. The number of nitrogens with zero attached hydrogens (tertiary/aromatic N) is 1. The Bertz CT molecular complexity index is 4480. The predicted octanol–water partition coefficient (Wildman–Crippen LogP) is 15.2. The van der Waals surface area contributed by atoms with E-state index in [1.54, 1.807) is 49.7 Å². The quantitative estimate of drug-likeness (QED) is 0.0221. The molecule has 3 aliphatic heterocycles. The van der Waals surface area contributed by atoms with Gasteiger partial charge in [-0.25, -0.2) is 5.90 Å². The summed E-state index contributed by atoms with van der Waals surface area (Å²) in [5.41, 5.74) is 37.1. The van der Waals surface area contributed by atoms with Crippen LogP contribution in [0.4, 0.5) is 0 Å². The first-order valence-corrected chi connectivity index (χ1v) is 34.1. The Morgan fingerprint density at radius 3 is 1.07 bits per heavy atom. The molecule has 8 aromatic carbocycles. The molecule has 8 aromatic rings. The van der Waals surface area contributed by atoms with E-state index in [0.29, 0.717) is 67.7 Å². The number of phenolic OH excluding ortho intramolecular Hbond substituents is 6. The van der Waals surface area contributed by atoms with Crippen LogP contribution >= 0.6 is 24.8 Å². The molecule has 11 rings (SSSR count). The number of rotatable bonds is 8. The van der Waals surface area contributed by atoms with Crippen LogP contribution < -0.4 is 32.9 Å². The van der Waals surface area contributed by atoms with Gasteiger partial charge in [-0.2, -0.15) is 0 Å². The highest BCUT2D eigenvalue weighted by Gasteiger charge is 2.29. The Kier molecular flexibility index (Phi) is 37.7. The number of hydrogen-bond acceptors (Lipinski definition) is 17. The van der Waals surface area contributed by atoms with Crippen molar-refractivity contribution in [3.63, 3.8) is 0 Å². The van der Waals surface area contributed by atoms with E-state index in [0.717, 1.165) is 66.8 Å². The van der Waals surface area contributed by atoms with E-state index in [4.69, 9.17) is 21.1 Å². The highest BCUT2D eigenvalue weighted by atomic mass is 35.5. The van der Waals surface area contributed by atoms with Crippen molar-refractivity contribution >= 4 is 78.0 Å². The molecule has 0 aliphatic carbocycles. The second-order valence-corrected chi connectivity index (χ2v) is 25.6. The Morgan fingerprint density at radius 2 is 0.729 bits per heavy atom. The minimum absolute atomic E-state index is 0. The van der Waals surface area contributed by atoms with Gasteiger partial charge < -0.3 is 67.3 Å². The zero-order valence-corrected chi connectivity index (χ0v) is 66.8. The molecule has 0 bridgehead atoms. The maximum atomic E-state index is 12.5. The first-order valence-electron chi connectivity index (χ1n) is 34.1. The van der Waals surface area contributed by atoms with Gasteiger partial charge in [-0.1, -0.05) is 65.8 Å². The highest BCUT2D eigenvalue weighted by Crippen LogP contribution is 2.37. The first kappa shape index (κ1) is 92.3. The van der Waals surface area contributed by atoms with E-state index in [9.17, 15) is 39.3 Å². The smallest absolute Gasteiger partial charge is 0.253 e. The number of phenols is 6. The minimum Gasteiger partial charge on any atom is -0.508 e. The third-order valence-corrected chi connectivity index (χ3v) is 19.2. The van der Waals surface area contributed by atoms with Crippen molar-refractivity contribution in [2.24, 2.45) is 16.8 Å². The van der Waals surface area contributed by atoms with Gasteiger partial charge in [0.05, 0.1) is 18.9 Å². The van der Waals surface area contributed by atoms with Crippen molar-refractivity contribution in [2.75, 3.05) is 14.2 Å². The van der Waals surface area contributed by atoms with Crippen molar-refractivity contribution in [1.29, 1.82) is 0 Å². The molecule has 3 heterocycles. The fraction of sp³-hybridized carbons (Fsp3) is 0.294. The summed E-state index contributed by atoms with van der Waals surface area (Å²) in [6, 6.07) is 25.1. The van der Waals surface area contributed by atoms with Gasteiger partial charge in [0, 0.05) is 61.2 Å². The number of fused-ring (bicyclic) bond motifs is 3. The lowest BCUT2D eigenvalue weighted by molar-refractivity contribution is -0.116. The molecule has 20 nitrogen and oxygen atoms in total. The van der Waals surface area contributed by atoms with Gasteiger partial charge in [-0.05, 0) is 306 Å². The molecule has 3 amide bonds. The predicted molar refractivity (Wildman–Crippen MR) is 434 cm³/mol.